The van der Waals surface area contributed by atoms with Crippen LogP contribution in [0, 0.1) is 34.3 Å². The van der Waals surface area contributed by atoms with E-state index >= 15 is 0 Å². The van der Waals surface area contributed by atoms with Crippen molar-refractivity contribution in [1.29, 1.82) is 10.5 Å². The van der Waals surface area contributed by atoms with Crippen molar-refractivity contribution in [2.45, 2.75) is 0 Å². The normalized spacial score (nSPS) is 8.89. The molecule has 8 heteroatoms. The summed E-state index contributed by atoms with van der Waals surface area (Å²) in [6, 6.07) is 4.44. The highest BCUT2D eigenvalue weighted by Gasteiger charge is 2.19. The third kappa shape index (κ3) is 2.57. The highest BCUT2D eigenvalue weighted by Crippen LogP contribution is 2.21. The summed E-state index contributed by atoms with van der Waals surface area (Å²) >= 11 is 0. The first-order chi connectivity index (χ1) is 8.51. The average Bonchev–Trinajstić information content (AvgIpc) is 2.34. The number of hydrazone groups is 1. The number of nitrogens with zero attached hydrogens (tertiary/aromatic N) is 3. The van der Waals surface area contributed by atoms with Gasteiger partial charge in [0.25, 0.3) is 0 Å². The van der Waals surface area contributed by atoms with Crippen LogP contribution in [0.5, 0.6) is 0 Å². The fourth-order valence-electron chi connectivity index (χ4n) is 1.04. The van der Waals surface area contributed by atoms with Gasteiger partial charge in [-0.15, -0.1) is 0 Å². The minimum absolute atomic E-state index is 0.371. The third-order valence-electron chi connectivity index (χ3n) is 1.81. The molecule has 0 unspecified atom stereocenters. The first-order valence-electron chi connectivity index (χ1n) is 4.36. The van der Waals surface area contributed by atoms with Crippen molar-refractivity contribution in [2.24, 2.45) is 5.10 Å². The predicted octanol–water partition coefficient (Wildman–Crippen LogP) is 1.48. The van der Waals surface area contributed by atoms with E-state index < -0.39 is 28.9 Å². The van der Waals surface area contributed by atoms with Gasteiger partial charge in [0.1, 0.15) is 17.7 Å². The van der Waals surface area contributed by atoms with Crippen LogP contribution in [0.3, 0.4) is 0 Å². The molecule has 1 aromatic carbocycles. The second kappa shape index (κ2) is 5.37. The van der Waals surface area contributed by atoms with E-state index in [2.05, 4.69) is 5.10 Å². The lowest BCUT2D eigenvalue weighted by atomic mass is 10.1. The van der Waals surface area contributed by atoms with Crippen molar-refractivity contribution < 1.29 is 18.7 Å². The molecule has 6 nitrogen and oxygen atoms in total. The molecule has 0 heterocycles. The fourth-order valence-corrected chi connectivity index (χ4v) is 1.04. The SMILES string of the molecule is N#CC(C#N)=NNc1ccc(F)c(F)c1C(=O)O. The summed E-state index contributed by atoms with van der Waals surface area (Å²) in [5, 5.41) is 28.7. The minimum Gasteiger partial charge on any atom is -0.478 e. The van der Waals surface area contributed by atoms with Crippen LogP contribution in [0.2, 0.25) is 0 Å². The summed E-state index contributed by atoms with van der Waals surface area (Å²) < 4.78 is 26.1. The van der Waals surface area contributed by atoms with E-state index in [0.29, 0.717) is 6.07 Å². The number of benzene rings is 1. The molecule has 1 aromatic rings. The number of hydrogen-bond acceptors (Lipinski definition) is 5. The van der Waals surface area contributed by atoms with E-state index in [0.717, 1.165) is 6.07 Å². The number of aromatic carboxylic acids is 1. The molecular weight excluding hydrogens is 246 g/mol. The van der Waals surface area contributed by atoms with Crippen LogP contribution in [0.25, 0.3) is 0 Å². The Labute approximate surface area is 99.4 Å². The van der Waals surface area contributed by atoms with E-state index in [-0.39, 0.29) is 5.69 Å². The summed E-state index contributed by atoms with van der Waals surface area (Å²) in [6.07, 6.45) is 0. The van der Waals surface area contributed by atoms with Gasteiger partial charge in [-0.05, 0) is 12.1 Å². The highest BCUT2D eigenvalue weighted by molar-refractivity contribution is 6.10. The molecule has 0 saturated heterocycles. The second-order valence-electron chi connectivity index (χ2n) is 2.88. The number of carboxylic acid groups (broad SMARTS) is 1. The first kappa shape index (κ1) is 13.1. The second-order valence-corrected chi connectivity index (χ2v) is 2.88. The van der Waals surface area contributed by atoms with Crippen LogP contribution in [0.1, 0.15) is 10.4 Å². The molecule has 0 saturated carbocycles. The van der Waals surface area contributed by atoms with Crippen molar-refractivity contribution in [3.05, 3.63) is 29.3 Å². The zero-order valence-electron chi connectivity index (χ0n) is 8.61. The molecule has 0 radical (unpaired) electrons. The topological polar surface area (TPSA) is 109 Å². The van der Waals surface area contributed by atoms with Gasteiger partial charge >= 0.3 is 5.97 Å². The van der Waals surface area contributed by atoms with E-state index in [1.807, 2.05) is 5.43 Å². The van der Waals surface area contributed by atoms with Crippen molar-refractivity contribution in [3.63, 3.8) is 0 Å². The molecule has 0 aliphatic carbocycles. The summed E-state index contributed by atoms with van der Waals surface area (Å²) in [5.41, 5.74) is 0.0982. The third-order valence-corrected chi connectivity index (χ3v) is 1.81. The Hall–Kier alpha value is -3.00. The molecule has 0 aliphatic rings. The van der Waals surface area contributed by atoms with E-state index in [9.17, 15) is 13.6 Å². The number of rotatable bonds is 3. The van der Waals surface area contributed by atoms with Gasteiger partial charge in [0.05, 0.1) is 5.69 Å². The van der Waals surface area contributed by atoms with Gasteiger partial charge in [0.15, 0.2) is 11.6 Å². The van der Waals surface area contributed by atoms with Crippen molar-refractivity contribution in [1.82, 2.24) is 0 Å². The number of nitriles is 2. The molecule has 0 amide bonds. The van der Waals surface area contributed by atoms with Gasteiger partial charge in [-0.25, -0.2) is 13.6 Å². The van der Waals surface area contributed by atoms with E-state index in [1.54, 1.807) is 0 Å². The number of anilines is 1. The van der Waals surface area contributed by atoms with Crippen LogP contribution in [0.15, 0.2) is 17.2 Å². The summed E-state index contributed by atoms with van der Waals surface area (Å²) in [6.45, 7) is 0. The molecule has 0 fully saturated rings. The Morgan fingerprint density at radius 2 is 1.94 bits per heavy atom. The molecule has 18 heavy (non-hydrogen) atoms. The Morgan fingerprint density at radius 1 is 1.33 bits per heavy atom. The summed E-state index contributed by atoms with van der Waals surface area (Å²) in [5.74, 6) is -4.60. The van der Waals surface area contributed by atoms with Gasteiger partial charge in [-0.1, -0.05) is 0 Å². The maximum Gasteiger partial charge on any atom is 0.341 e. The minimum atomic E-state index is -1.71. The van der Waals surface area contributed by atoms with Gasteiger partial charge < -0.3 is 5.11 Å². The highest BCUT2D eigenvalue weighted by atomic mass is 19.2. The maximum absolute atomic E-state index is 13.2. The smallest absolute Gasteiger partial charge is 0.341 e. The van der Waals surface area contributed by atoms with Crippen molar-refractivity contribution in [3.8, 4) is 12.1 Å². The standard InChI is InChI=1S/C10H4F2N4O2/c11-6-1-2-7(8(9(6)12)10(17)18)16-15-5(3-13)4-14/h1-2,16H,(H,17,18). The zero-order chi connectivity index (χ0) is 13.7. The van der Waals surface area contributed by atoms with Gasteiger partial charge in [0, 0.05) is 0 Å². The van der Waals surface area contributed by atoms with Crippen LogP contribution in [-0.2, 0) is 0 Å². The fraction of sp³-hybridized carbons (Fsp3) is 0. The molecule has 1 rings (SSSR count). The van der Waals surface area contributed by atoms with Gasteiger partial charge in [-0.3, -0.25) is 5.43 Å². The van der Waals surface area contributed by atoms with E-state index in [4.69, 9.17) is 15.6 Å². The van der Waals surface area contributed by atoms with E-state index in [1.165, 1.54) is 12.1 Å². The Bertz CT molecular complexity index is 598. The van der Waals surface area contributed by atoms with Crippen molar-refractivity contribution in [2.75, 3.05) is 5.43 Å². The average molecular weight is 250 g/mol. The molecule has 0 aromatic heterocycles. The molecule has 2 N–H and O–H groups in total. The predicted molar refractivity (Wildman–Crippen MR) is 55.6 cm³/mol. The molecular formula is C10H4F2N4O2. The number of hydrogen-bond donors (Lipinski definition) is 2. The zero-order valence-corrected chi connectivity index (χ0v) is 8.61. The Balaban J connectivity index is 3.24. The molecule has 0 bridgehead atoms. The number of halogens is 2. The van der Waals surface area contributed by atoms with Gasteiger partial charge in [0.2, 0.25) is 5.71 Å². The number of carbonyl (C=O) groups is 1. The van der Waals surface area contributed by atoms with Gasteiger partial charge in [-0.2, -0.15) is 15.6 Å². The van der Waals surface area contributed by atoms with Crippen LogP contribution in [0.4, 0.5) is 14.5 Å². The largest absolute Gasteiger partial charge is 0.478 e. The lowest BCUT2D eigenvalue weighted by Crippen LogP contribution is -2.08. The molecule has 0 atom stereocenters. The lowest BCUT2D eigenvalue weighted by Gasteiger charge is -2.06. The first-order valence-corrected chi connectivity index (χ1v) is 4.36. The molecule has 0 aliphatic heterocycles. The molecule has 90 valence electrons. The Kier molecular flexibility index (Phi) is 3.89. The summed E-state index contributed by atoms with van der Waals surface area (Å²) in [7, 11) is 0. The monoisotopic (exact) mass is 250 g/mol. The van der Waals surface area contributed by atoms with Crippen LogP contribution in [-0.4, -0.2) is 16.8 Å². The number of carboxylic acids is 1. The molecule has 0 spiro atoms. The van der Waals surface area contributed by atoms with Crippen molar-refractivity contribution >= 4 is 17.4 Å². The quantitative estimate of drug-likeness (QED) is 0.623. The lowest BCUT2D eigenvalue weighted by molar-refractivity contribution is 0.0692. The summed E-state index contributed by atoms with van der Waals surface area (Å²) in [4.78, 5) is 10.8. The maximum atomic E-state index is 13.2. The van der Waals surface area contributed by atoms with Crippen LogP contribution >= 0.6 is 0 Å². The van der Waals surface area contributed by atoms with Crippen LogP contribution < -0.4 is 5.43 Å². The number of nitrogens with one attached hydrogen (secondary N) is 1. The Morgan fingerprint density at radius 3 is 2.44 bits per heavy atom.